The van der Waals surface area contributed by atoms with Gasteiger partial charge in [-0.1, -0.05) is 25.8 Å². The van der Waals surface area contributed by atoms with Gasteiger partial charge < -0.3 is 21.7 Å². The van der Waals surface area contributed by atoms with Gasteiger partial charge in [-0.3, -0.25) is 9.59 Å². The fraction of sp³-hybridized carbons (Fsp3) is 0.500. The normalized spacial score (nSPS) is 19.7. The molecule has 1 aromatic rings. The molecule has 0 aliphatic heterocycles. The van der Waals surface area contributed by atoms with E-state index in [9.17, 15) is 14.4 Å². The summed E-state index contributed by atoms with van der Waals surface area (Å²) in [6, 6.07) is 6.60. The Labute approximate surface area is 147 Å². The van der Waals surface area contributed by atoms with Gasteiger partial charge in [-0.25, -0.2) is 4.79 Å². The number of carbonyl (C=O) groups excluding carboxylic acids is 3. The maximum absolute atomic E-state index is 12.2. The molecule has 136 valence electrons. The highest BCUT2D eigenvalue weighted by Crippen LogP contribution is 2.23. The molecule has 1 aromatic carbocycles. The van der Waals surface area contributed by atoms with Gasteiger partial charge in [0, 0.05) is 30.3 Å². The van der Waals surface area contributed by atoms with Crippen molar-refractivity contribution in [3.8, 4) is 0 Å². The van der Waals surface area contributed by atoms with Crippen LogP contribution in [0.3, 0.4) is 0 Å². The molecule has 0 unspecified atom stereocenters. The van der Waals surface area contributed by atoms with Crippen molar-refractivity contribution in [1.82, 2.24) is 10.6 Å². The second-order valence-electron chi connectivity index (χ2n) is 6.52. The largest absolute Gasteiger partial charge is 0.370 e. The van der Waals surface area contributed by atoms with Crippen molar-refractivity contribution < 1.29 is 14.4 Å². The summed E-state index contributed by atoms with van der Waals surface area (Å²) in [6.07, 6.45) is 4.57. The van der Waals surface area contributed by atoms with Crippen molar-refractivity contribution in [3.63, 3.8) is 0 Å². The van der Waals surface area contributed by atoms with Crippen LogP contribution < -0.4 is 21.7 Å². The topological polar surface area (TPSA) is 113 Å². The quantitative estimate of drug-likeness (QED) is 0.631. The third-order valence-electron chi connectivity index (χ3n) is 4.47. The number of nitrogens with two attached hydrogens (primary N) is 1. The summed E-state index contributed by atoms with van der Waals surface area (Å²) >= 11 is 0. The zero-order valence-electron chi connectivity index (χ0n) is 14.5. The molecule has 1 aliphatic carbocycles. The summed E-state index contributed by atoms with van der Waals surface area (Å²) in [6.45, 7) is 2.34. The second kappa shape index (κ2) is 9.05. The van der Waals surface area contributed by atoms with Gasteiger partial charge >= 0.3 is 6.03 Å². The molecule has 1 aliphatic rings. The van der Waals surface area contributed by atoms with E-state index in [1.165, 1.54) is 6.42 Å². The third kappa shape index (κ3) is 6.10. The van der Waals surface area contributed by atoms with Crippen LogP contribution in [-0.2, 0) is 4.79 Å². The number of benzene rings is 1. The molecular weight excluding hydrogens is 320 g/mol. The first kappa shape index (κ1) is 18.8. The molecule has 0 aromatic heterocycles. The molecule has 0 saturated heterocycles. The van der Waals surface area contributed by atoms with Crippen molar-refractivity contribution in [3.05, 3.63) is 29.8 Å². The highest BCUT2D eigenvalue weighted by Gasteiger charge is 2.22. The summed E-state index contributed by atoms with van der Waals surface area (Å²) in [5.74, 6) is -0.308. The van der Waals surface area contributed by atoms with E-state index in [2.05, 4.69) is 22.9 Å². The SMILES string of the molecule is C[C@H]1CCCC[C@H]1NC(=O)Nc1cccc(C(=O)NCCC(N)=O)c1. The molecule has 5 N–H and O–H groups in total. The minimum atomic E-state index is -0.468. The molecule has 2 rings (SSSR count). The number of urea groups is 1. The van der Waals surface area contributed by atoms with Crippen LogP contribution in [0.15, 0.2) is 24.3 Å². The van der Waals surface area contributed by atoms with Crippen LogP contribution in [0, 0.1) is 5.92 Å². The summed E-state index contributed by atoms with van der Waals surface area (Å²) in [5.41, 5.74) is 5.99. The number of amides is 4. The van der Waals surface area contributed by atoms with E-state index < -0.39 is 5.91 Å². The average Bonchev–Trinajstić information content (AvgIpc) is 2.56. The highest BCUT2D eigenvalue weighted by molar-refractivity contribution is 5.97. The van der Waals surface area contributed by atoms with Crippen molar-refractivity contribution in [2.24, 2.45) is 11.7 Å². The Bertz CT molecular complexity index is 633. The number of primary amides is 1. The first-order chi connectivity index (χ1) is 12.0. The molecule has 0 heterocycles. The van der Waals surface area contributed by atoms with Crippen LogP contribution in [-0.4, -0.2) is 30.4 Å². The Morgan fingerprint density at radius 1 is 1.20 bits per heavy atom. The smallest absolute Gasteiger partial charge is 0.319 e. The lowest BCUT2D eigenvalue weighted by atomic mass is 9.86. The van der Waals surface area contributed by atoms with Crippen LogP contribution >= 0.6 is 0 Å². The monoisotopic (exact) mass is 346 g/mol. The maximum atomic E-state index is 12.2. The fourth-order valence-electron chi connectivity index (χ4n) is 3.01. The fourth-order valence-corrected chi connectivity index (χ4v) is 3.01. The molecule has 4 amide bonds. The van der Waals surface area contributed by atoms with Crippen molar-refractivity contribution in [2.75, 3.05) is 11.9 Å². The molecule has 25 heavy (non-hydrogen) atoms. The predicted octanol–water partition coefficient (Wildman–Crippen LogP) is 1.99. The van der Waals surface area contributed by atoms with Crippen LogP contribution in [0.1, 0.15) is 49.4 Å². The molecular formula is C18H26N4O3. The molecule has 1 saturated carbocycles. The lowest BCUT2D eigenvalue weighted by Gasteiger charge is -2.29. The standard InChI is InChI=1S/C18H26N4O3/c1-12-5-2-3-8-15(12)22-18(25)21-14-7-4-6-13(11-14)17(24)20-10-9-16(19)23/h4,6-7,11-12,15H,2-3,5,8-10H2,1H3,(H2,19,23)(H,20,24)(H2,21,22,25)/t12-,15+/m0/s1. The molecule has 2 atom stereocenters. The Morgan fingerprint density at radius 2 is 1.96 bits per heavy atom. The van der Waals surface area contributed by atoms with E-state index in [1.807, 2.05) is 0 Å². The number of hydrogen-bond donors (Lipinski definition) is 4. The van der Waals surface area contributed by atoms with E-state index >= 15 is 0 Å². The van der Waals surface area contributed by atoms with Crippen LogP contribution in [0.5, 0.6) is 0 Å². The summed E-state index contributed by atoms with van der Waals surface area (Å²) in [7, 11) is 0. The average molecular weight is 346 g/mol. The van der Waals surface area contributed by atoms with Crippen LogP contribution in [0.25, 0.3) is 0 Å². The van der Waals surface area contributed by atoms with Gasteiger partial charge in [-0.05, 0) is 37.0 Å². The van der Waals surface area contributed by atoms with Crippen LogP contribution in [0.2, 0.25) is 0 Å². The minimum Gasteiger partial charge on any atom is -0.370 e. The lowest BCUT2D eigenvalue weighted by Crippen LogP contribution is -2.43. The molecule has 0 bridgehead atoms. The predicted molar refractivity (Wildman–Crippen MR) is 96.2 cm³/mol. The maximum Gasteiger partial charge on any atom is 0.319 e. The molecule has 7 heteroatoms. The van der Waals surface area contributed by atoms with Crippen molar-refractivity contribution >= 4 is 23.5 Å². The first-order valence-corrected chi connectivity index (χ1v) is 8.70. The summed E-state index contributed by atoms with van der Waals surface area (Å²) < 4.78 is 0. The number of hydrogen-bond acceptors (Lipinski definition) is 3. The van der Waals surface area contributed by atoms with Gasteiger partial charge in [0.1, 0.15) is 0 Å². The lowest BCUT2D eigenvalue weighted by molar-refractivity contribution is -0.117. The highest BCUT2D eigenvalue weighted by atomic mass is 16.2. The Hall–Kier alpha value is -2.57. The third-order valence-corrected chi connectivity index (χ3v) is 4.47. The van der Waals surface area contributed by atoms with Gasteiger partial charge in [-0.15, -0.1) is 0 Å². The molecule has 7 nitrogen and oxygen atoms in total. The second-order valence-corrected chi connectivity index (χ2v) is 6.52. The zero-order chi connectivity index (χ0) is 18.2. The molecule has 1 fully saturated rings. The Kier molecular flexibility index (Phi) is 6.80. The van der Waals surface area contributed by atoms with Crippen molar-refractivity contribution in [2.45, 2.75) is 45.1 Å². The number of carbonyl (C=O) groups is 3. The van der Waals surface area contributed by atoms with Gasteiger partial charge in [0.2, 0.25) is 5.91 Å². The summed E-state index contributed by atoms with van der Waals surface area (Å²) in [4.78, 5) is 34.9. The van der Waals surface area contributed by atoms with Gasteiger partial charge in [0.15, 0.2) is 0 Å². The van der Waals surface area contributed by atoms with E-state index in [0.29, 0.717) is 17.2 Å². The van der Waals surface area contributed by atoms with Gasteiger partial charge in [-0.2, -0.15) is 0 Å². The number of anilines is 1. The first-order valence-electron chi connectivity index (χ1n) is 8.70. The minimum absolute atomic E-state index is 0.0889. The van der Waals surface area contributed by atoms with E-state index in [0.717, 1.165) is 19.3 Å². The Balaban J connectivity index is 1.88. The Morgan fingerprint density at radius 3 is 2.68 bits per heavy atom. The number of nitrogens with one attached hydrogen (secondary N) is 3. The van der Waals surface area contributed by atoms with Gasteiger partial charge in [0.05, 0.1) is 0 Å². The zero-order valence-corrected chi connectivity index (χ0v) is 14.5. The molecule has 0 radical (unpaired) electrons. The van der Waals surface area contributed by atoms with E-state index in [-0.39, 0.29) is 30.9 Å². The summed E-state index contributed by atoms with van der Waals surface area (Å²) in [5, 5.41) is 8.40. The van der Waals surface area contributed by atoms with Crippen LogP contribution in [0.4, 0.5) is 10.5 Å². The van der Waals surface area contributed by atoms with Gasteiger partial charge in [0.25, 0.3) is 5.91 Å². The number of rotatable bonds is 6. The van der Waals surface area contributed by atoms with E-state index in [1.54, 1.807) is 24.3 Å². The van der Waals surface area contributed by atoms with Crippen molar-refractivity contribution in [1.29, 1.82) is 0 Å². The molecule has 0 spiro atoms. The van der Waals surface area contributed by atoms with E-state index in [4.69, 9.17) is 5.73 Å².